The summed E-state index contributed by atoms with van der Waals surface area (Å²) in [6.45, 7) is 6.55. The van der Waals surface area contributed by atoms with E-state index in [0.717, 1.165) is 18.8 Å². The fourth-order valence-electron chi connectivity index (χ4n) is 2.44. The average molecular weight is 270 g/mol. The fraction of sp³-hybridized carbons (Fsp3) is 0.375. The molecule has 0 fully saturated rings. The van der Waals surface area contributed by atoms with Crippen molar-refractivity contribution in [2.45, 2.75) is 26.4 Å². The molecule has 1 unspecified atom stereocenters. The molecule has 0 aliphatic carbocycles. The van der Waals surface area contributed by atoms with Gasteiger partial charge in [0.15, 0.2) is 0 Å². The summed E-state index contributed by atoms with van der Waals surface area (Å²) in [5.74, 6) is 0. The Kier molecular flexibility index (Phi) is 5.21. The molecule has 4 nitrogen and oxygen atoms in total. The van der Waals surface area contributed by atoms with Crippen LogP contribution in [0.5, 0.6) is 0 Å². The molecule has 0 spiro atoms. The Labute approximate surface area is 120 Å². The topological polar surface area (TPSA) is 55.0 Å². The highest BCUT2D eigenvalue weighted by atomic mass is 15.2. The molecule has 0 saturated carbocycles. The lowest BCUT2D eigenvalue weighted by atomic mass is 10.0. The predicted octanol–water partition coefficient (Wildman–Crippen LogP) is 2.31. The first-order valence-corrected chi connectivity index (χ1v) is 7.00. The normalized spacial score (nSPS) is 12.6. The number of nitrogens with zero attached hydrogens (tertiary/aromatic N) is 3. The van der Waals surface area contributed by atoms with E-state index >= 15 is 0 Å². The van der Waals surface area contributed by atoms with Gasteiger partial charge >= 0.3 is 0 Å². The van der Waals surface area contributed by atoms with E-state index in [9.17, 15) is 0 Å². The number of hydrogen-bond donors (Lipinski definition) is 1. The summed E-state index contributed by atoms with van der Waals surface area (Å²) in [5.41, 5.74) is 9.51. The van der Waals surface area contributed by atoms with E-state index in [2.05, 4.69) is 28.7 Å². The Morgan fingerprint density at radius 2 is 2.10 bits per heavy atom. The summed E-state index contributed by atoms with van der Waals surface area (Å²) in [7, 11) is 0. The van der Waals surface area contributed by atoms with Crippen LogP contribution in [0.2, 0.25) is 0 Å². The van der Waals surface area contributed by atoms with Gasteiger partial charge in [-0.05, 0) is 42.8 Å². The van der Waals surface area contributed by atoms with Crippen LogP contribution >= 0.6 is 0 Å². The molecule has 1 atom stereocenters. The van der Waals surface area contributed by atoms with E-state index in [4.69, 9.17) is 5.73 Å². The van der Waals surface area contributed by atoms with Crippen LogP contribution in [0, 0.1) is 6.92 Å². The maximum Gasteiger partial charge on any atom is 0.0544 e. The van der Waals surface area contributed by atoms with Gasteiger partial charge in [-0.2, -0.15) is 0 Å². The van der Waals surface area contributed by atoms with Gasteiger partial charge in [0, 0.05) is 37.7 Å². The zero-order valence-corrected chi connectivity index (χ0v) is 12.2. The lowest BCUT2D eigenvalue weighted by molar-refractivity contribution is 0.200. The lowest BCUT2D eigenvalue weighted by Gasteiger charge is -2.30. The predicted molar refractivity (Wildman–Crippen MR) is 81.1 cm³/mol. The van der Waals surface area contributed by atoms with Gasteiger partial charge in [0.05, 0.1) is 5.69 Å². The van der Waals surface area contributed by atoms with Gasteiger partial charge in [-0.15, -0.1) is 0 Å². The van der Waals surface area contributed by atoms with E-state index in [1.165, 1.54) is 11.1 Å². The fourth-order valence-corrected chi connectivity index (χ4v) is 2.44. The Morgan fingerprint density at radius 1 is 1.25 bits per heavy atom. The molecule has 0 saturated heterocycles. The van der Waals surface area contributed by atoms with Crippen molar-refractivity contribution < 1.29 is 0 Å². The summed E-state index contributed by atoms with van der Waals surface area (Å²) in [5, 5.41) is 0. The Hall–Kier alpha value is -1.78. The van der Waals surface area contributed by atoms with Gasteiger partial charge in [0.2, 0.25) is 0 Å². The molecule has 20 heavy (non-hydrogen) atoms. The summed E-state index contributed by atoms with van der Waals surface area (Å²) < 4.78 is 0. The summed E-state index contributed by atoms with van der Waals surface area (Å²) in [4.78, 5) is 11.0. The number of likely N-dealkylation sites (N-methyl/N-ethyl adjacent to an activating group) is 1. The third-order valence-electron chi connectivity index (χ3n) is 3.60. The Balaban J connectivity index is 2.22. The van der Waals surface area contributed by atoms with E-state index in [1.807, 2.05) is 42.9 Å². The van der Waals surface area contributed by atoms with Crippen LogP contribution in [0.4, 0.5) is 0 Å². The Morgan fingerprint density at radius 3 is 2.70 bits per heavy atom. The van der Waals surface area contributed by atoms with Crippen molar-refractivity contribution in [1.29, 1.82) is 0 Å². The van der Waals surface area contributed by atoms with Crippen molar-refractivity contribution in [3.8, 4) is 0 Å². The summed E-state index contributed by atoms with van der Waals surface area (Å²) >= 11 is 0. The number of pyridine rings is 2. The molecule has 0 aliphatic rings. The molecule has 0 amide bonds. The Bertz CT molecular complexity index is 527. The smallest absolute Gasteiger partial charge is 0.0544 e. The molecule has 0 aromatic carbocycles. The molecular formula is C16H22N4. The van der Waals surface area contributed by atoms with Crippen LogP contribution in [0.1, 0.15) is 29.8 Å². The molecule has 0 aliphatic heterocycles. The lowest BCUT2D eigenvalue weighted by Crippen LogP contribution is -2.34. The maximum absolute atomic E-state index is 6.01. The standard InChI is InChI=1S/C16H22N4/c1-3-20(12-14-6-4-5-8-19-14)16(10-17)15-11-18-9-7-13(15)2/h4-9,11,16H,3,10,12,17H2,1-2H3. The van der Waals surface area contributed by atoms with Gasteiger partial charge in [0.1, 0.15) is 0 Å². The van der Waals surface area contributed by atoms with Crippen LogP contribution < -0.4 is 5.73 Å². The molecule has 4 heteroatoms. The second kappa shape index (κ2) is 7.12. The molecule has 2 rings (SSSR count). The third-order valence-corrected chi connectivity index (χ3v) is 3.60. The van der Waals surface area contributed by atoms with Gasteiger partial charge in [-0.25, -0.2) is 0 Å². The number of nitrogens with two attached hydrogens (primary N) is 1. The van der Waals surface area contributed by atoms with Crippen molar-refractivity contribution >= 4 is 0 Å². The molecular weight excluding hydrogens is 248 g/mol. The van der Waals surface area contributed by atoms with Crippen molar-refractivity contribution in [2.75, 3.05) is 13.1 Å². The summed E-state index contributed by atoms with van der Waals surface area (Å²) in [6, 6.07) is 8.21. The largest absolute Gasteiger partial charge is 0.329 e. The number of aryl methyl sites for hydroxylation is 1. The minimum Gasteiger partial charge on any atom is -0.329 e. The van der Waals surface area contributed by atoms with E-state index < -0.39 is 0 Å². The minimum atomic E-state index is 0.177. The minimum absolute atomic E-state index is 0.177. The van der Waals surface area contributed by atoms with Gasteiger partial charge in [-0.1, -0.05) is 13.0 Å². The van der Waals surface area contributed by atoms with E-state index in [-0.39, 0.29) is 6.04 Å². The second-order valence-corrected chi connectivity index (χ2v) is 4.87. The SMILES string of the molecule is CCN(Cc1ccccn1)C(CN)c1cnccc1C. The zero-order chi connectivity index (χ0) is 14.4. The van der Waals surface area contributed by atoms with Crippen LogP contribution in [-0.2, 0) is 6.54 Å². The molecule has 0 bridgehead atoms. The molecule has 2 N–H and O–H groups in total. The molecule has 2 aromatic rings. The van der Waals surface area contributed by atoms with Crippen molar-refractivity contribution in [2.24, 2.45) is 5.73 Å². The highest BCUT2D eigenvalue weighted by molar-refractivity contribution is 5.25. The van der Waals surface area contributed by atoms with Crippen LogP contribution in [-0.4, -0.2) is 28.0 Å². The number of rotatable bonds is 6. The average Bonchev–Trinajstić information content (AvgIpc) is 2.49. The second-order valence-electron chi connectivity index (χ2n) is 4.87. The summed E-state index contributed by atoms with van der Waals surface area (Å²) in [6.07, 6.45) is 5.57. The van der Waals surface area contributed by atoms with Crippen LogP contribution in [0.25, 0.3) is 0 Å². The van der Waals surface area contributed by atoms with Crippen molar-refractivity contribution in [3.05, 3.63) is 59.7 Å². The zero-order valence-electron chi connectivity index (χ0n) is 12.2. The molecule has 2 heterocycles. The highest BCUT2D eigenvalue weighted by Crippen LogP contribution is 2.23. The molecule has 0 radical (unpaired) electrons. The third kappa shape index (κ3) is 3.40. The van der Waals surface area contributed by atoms with E-state index in [1.54, 1.807) is 0 Å². The highest BCUT2D eigenvalue weighted by Gasteiger charge is 2.20. The van der Waals surface area contributed by atoms with Gasteiger partial charge < -0.3 is 5.73 Å². The van der Waals surface area contributed by atoms with E-state index in [0.29, 0.717) is 6.54 Å². The number of hydrogen-bond acceptors (Lipinski definition) is 4. The van der Waals surface area contributed by atoms with Gasteiger partial charge in [0.25, 0.3) is 0 Å². The first-order valence-electron chi connectivity index (χ1n) is 7.00. The molecule has 106 valence electrons. The van der Waals surface area contributed by atoms with Gasteiger partial charge in [-0.3, -0.25) is 14.9 Å². The quantitative estimate of drug-likeness (QED) is 0.875. The van der Waals surface area contributed by atoms with Crippen LogP contribution in [0.3, 0.4) is 0 Å². The molecule has 2 aromatic heterocycles. The first-order chi connectivity index (χ1) is 9.76. The van der Waals surface area contributed by atoms with Crippen molar-refractivity contribution in [1.82, 2.24) is 14.9 Å². The van der Waals surface area contributed by atoms with Crippen LogP contribution in [0.15, 0.2) is 42.9 Å². The monoisotopic (exact) mass is 270 g/mol. The first kappa shape index (κ1) is 14.6. The number of aromatic nitrogens is 2. The maximum atomic E-state index is 6.01. The van der Waals surface area contributed by atoms with Crippen molar-refractivity contribution in [3.63, 3.8) is 0 Å².